The van der Waals surface area contributed by atoms with Crippen LogP contribution in [-0.4, -0.2) is 58.9 Å². The summed E-state index contributed by atoms with van der Waals surface area (Å²) in [6.07, 6.45) is 1.79. The van der Waals surface area contributed by atoms with Gasteiger partial charge in [0.05, 0.1) is 19.1 Å². The number of hydrogen-bond acceptors (Lipinski definition) is 7. The van der Waals surface area contributed by atoms with Crippen LogP contribution in [0.5, 0.6) is 11.5 Å². The van der Waals surface area contributed by atoms with E-state index in [0.29, 0.717) is 20.7 Å². The number of carboxylic acid groups (broad SMARTS) is 1. The van der Waals surface area contributed by atoms with Crippen LogP contribution in [0.1, 0.15) is 17.5 Å². The molecule has 2 N–H and O–H groups in total. The van der Waals surface area contributed by atoms with Gasteiger partial charge in [0, 0.05) is 19.4 Å². The van der Waals surface area contributed by atoms with Gasteiger partial charge < -0.3 is 19.9 Å². The third-order valence-electron chi connectivity index (χ3n) is 5.06. The van der Waals surface area contributed by atoms with Gasteiger partial charge in [-0.15, -0.1) is 0 Å². The van der Waals surface area contributed by atoms with Gasteiger partial charge in [-0.25, -0.2) is 4.79 Å². The fourth-order valence-electron chi connectivity index (χ4n) is 3.32. The lowest BCUT2D eigenvalue weighted by molar-refractivity contribution is -0.141. The van der Waals surface area contributed by atoms with Crippen molar-refractivity contribution in [1.82, 2.24) is 10.2 Å². The zero-order valence-corrected chi connectivity index (χ0v) is 20.3. The molecule has 1 heterocycles. The van der Waals surface area contributed by atoms with E-state index in [4.69, 9.17) is 21.7 Å². The monoisotopic (exact) mass is 500 g/mol. The van der Waals surface area contributed by atoms with Crippen LogP contribution in [0.2, 0.25) is 0 Å². The highest BCUT2D eigenvalue weighted by Crippen LogP contribution is 2.34. The first-order valence-electron chi connectivity index (χ1n) is 10.4. The van der Waals surface area contributed by atoms with Crippen LogP contribution in [0.25, 0.3) is 6.08 Å². The molecule has 0 aromatic heterocycles. The predicted octanol–water partition coefficient (Wildman–Crippen LogP) is 3.11. The van der Waals surface area contributed by atoms with Crippen LogP contribution in [-0.2, 0) is 20.8 Å². The van der Waals surface area contributed by atoms with Crippen LogP contribution in [0.3, 0.4) is 0 Å². The summed E-state index contributed by atoms with van der Waals surface area (Å²) in [5, 5.41) is 12.0. The molecule has 1 aliphatic heterocycles. The van der Waals surface area contributed by atoms with Gasteiger partial charge >= 0.3 is 5.97 Å². The van der Waals surface area contributed by atoms with Crippen molar-refractivity contribution in [2.75, 3.05) is 20.8 Å². The van der Waals surface area contributed by atoms with Gasteiger partial charge in [-0.3, -0.25) is 14.5 Å². The predicted molar refractivity (Wildman–Crippen MR) is 134 cm³/mol. The molecule has 0 aliphatic carbocycles. The summed E-state index contributed by atoms with van der Waals surface area (Å²) >= 11 is 6.47. The van der Waals surface area contributed by atoms with Crippen molar-refractivity contribution < 1.29 is 29.0 Å². The van der Waals surface area contributed by atoms with Crippen LogP contribution in [0.15, 0.2) is 53.4 Å². The highest BCUT2D eigenvalue weighted by molar-refractivity contribution is 8.26. The van der Waals surface area contributed by atoms with Crippen molar-refractivity contribution in [1.29, 1.82) is 0 Å². The van der Waals surface area contributed by atoms with Gasteiger partial charge in [0.15, 0.2) is 11.5 Å². The molecule has 34 heavy (non-hydrogen) atoms. The lowest BCUT2D eigenvalue weighted by atomic mass is 10.1. The molecule has 2 aromatic rings. The molecule has 0 saturated carbocycles. The number of carbonyl (C=O) groups is 3. The van der Waals surface area contributed by atoms with Crippen molar-refractivity contribution in [2.45, 2.75) is 18.9 Å². The molecule has 0 bridgehead atoms. The van der Waals surface area contributed by atoms with Crippen molar-refractivity contribution >= 4 is 52.2 Å². The standard InChI is InChI=1S/C24H24N2O6S2/c1-31-18-9-8-16(13-19(18)32-2)14-20-22(28)26(24(33)34-20)11-10-21(27)25-17(23(29)30)12-15-6-4-3-5-7-15/h3-9,13-14,17H,10-12H2,1-2H3,(H,25,27)(H,29,30)/b20-14+/t17-/m1/s1. The van der Waals surface area contributed by atoms with Crippen LogP contribution >= 0.6 is 24.0 Å². The third-order valence-corrected chi connectivity index (χ3v) is 6.44. The van der Waals surface area contributed by atoms with E-state index in [2.05, 4.69) is 5.32 Å². The molecule has 8 nitrogen and oxygen atoms in total. The van der Waals surface area contributed by atoms with Gasteiger partial charge in [-0.2, -0.15) is 0 Å². The molecule has 0 radical (unpaired) electrons. The second kappa shape index (κ2) is 11.7. The van der Waals surface area contributed by atoms with E-state index in [1.165, 1.54) is 12.0 Å². The van der Waals surface area contributed by atoms with E-state index in [-0.39, 0.29) is 25.3 Å². The summed E-state index contributed by atoms with van der Waals surface area (Å²) in [5.41, 5.74) is 1.54. The summed E-state index contributed by atoms with van der Waals surface area (Å²) in [5.74, 6) is -0.796. The lowest BCUT2D eigenvalue weighted by Gasteiger charge is -2.17. The fraction of sp³-hybridized carbons (Fsp3) is 0.250. The number of rotatable bonds is 10. The van der Waals surface area contributed by atoms with E-state index < -0.39 is 17.9 Å². The summed E-state index contributed by atoms with van der Waals surface area (Å²) in [6.45, 7) is 0.0530. The van der Waals surface area contributed by atoms with Crippen LogP contribution in [0, 0.1) is 0 Å². The van der Waals surface area contributed by atoms with Crippen molar-refractivity contribution in [3.8, 4) is 11.5 Å². The van der Waals surface area contributed by atoms with Crippen molar-refractivity contribution in [3.63, 3.8) is 0 Å². The summed E-state index contributed by atoms with van der Waals surface area (Å²) < 4.78 is 10.9. The number of carboxylic acids is 1. The number of thioether (sulfide) groups is 1. The van der Waals surface area contributed by atoms with E-state index in [1.807, 2.05) is 6.07 Å². The first-order chi connectivity index (χ1) is 16.3. The number of hydrogen-bond donors (Lipinski definition) is 2. The fourth-order valence-corrected chi connectivity index (χ4v) is 4.63. The molecule has 1 aliphatic rings. The molecular formula is C24H24N2O6S2. The maximum atomic E-state index is 12.8. The number of ether oxygens (including phenoxy) is 2. The zero-order chi connectivity index (χ0) is 24.7. The minimum absolute atomic E-state index is 0.0530. The molecular weight excluding hydrogens is 476 g/mol. The Labute approximate surface area is 206 Å². The Morgan fingerprint density at radius 3 is 2.50 bits per heavy atom. The Morgan fingerprint density at radius 1 is 1.15 bits per heavy atom. The SMILES string of the molecule is COc1ccc(/C=C2/SC(=S)N(CCC(=O)N[C@H](Cc3ccccc3)C(=O)O)C2=O)cc1OC. The van der Waals surface area contributed by atoms with Gasteiger partial charge in [-0.05, 0) is 29.3 Å². The van der Waals surface area contributed by atoms with Crippen molar-refractivity contribution in [2.24, 2.45) is 0 Å². The maximum absolute atomic E-state index is 12.8. The Morgan fingerprint density at radius 2 is 1.85 bits per heavy atom. The van der Waals surface area contributed by atoms with Crippen molar-refractivity contribution in [3.05, 3.63) is 64.6 Å². The maximum Gasteiger partial charge on any atom is 0.326 e. The number of methoxy groups -OCH3 is 2. The first-order valence-corrected chi connectivity index (χ1v) is 11.6. The number of aliphatic carboxylic acids is 1. The Kier molecular flexibility index (Phi) is 8.67. The van der Waals surface area contributed by atoms with E-state index in [1.54, 1.807) is 55.7 Å². The average Bonchev–Trinajstić information content (AvgIpc) is 3.09. The topological polar surface area (TPSA) is 105 Å². The average molecular weight is 501 g/mol. The summed E-state index contributed by atoms with van der Waals surface area (Å²) in [7, 11) is 3.07. The molecule has 178 valence electrons. The highest BCUT2D eigenvalue weighted by Gasteiger charge is 2.32. The lowest BCUT2D eigenvalue weighted by Crippen LogP contribution is -2.43. The van der Waals surface area contributed by atoms with Gasteiger partial charge in [0.2, 0.25) is 5.91 Å². The number of nitrogens with one attached hydrogen (secondary N) is 1. The number of benzene rings is 2. The van der Waals surface area contributed by atoms with Gasteiger partial charge in [-0.1, -0.05) is 60.4 Å². The van der Waals surface area contributed by atoms with E-state index in [9.17, 15) is 19.5 Å². The first kappa shape index (κ1) is 25.3. The largest absolute Gasteiger partial charge is 0.493 e. The second-order valence-corrected chi connectivity index (χ2v) is 9.02. The summed E-state index contributed by atoms with van der Waals surface area (Å²) in [4.78, 5) is 38.6. The Hall–Kier alpha value is -3.37. The third kappa shape index (κ3) is 6.36. The van der Waals surface area contributed by atoms with E-state index >= 15 is 0 Å². The number of thiocarbonyl (C=S) groups is 1. The van der Waals surface area contributed by atoms with Crippen LogP contribution < -0.4 is 14.8 Å². The minimum Gasteiger partial charge on any atom is -0.493 e. The molecule has 2 aromatic carbocycles. The molecule has 2 amide bonds. The quantitative estimate of drug-likeness (QED) is 0.379. The molecule has 3 rings (SSSR count). The molecule has 10 heteroatoms. The Bertz CT molecular complexity index is 1120. The minimum atomic E-state index is -1.12. The second-order valence-electron chi connectivity index (χ2n) is 7.35. The zero-order valence-electron chi connectivity index (χ0n) is 18.6. The molecule has 1 atom stereocenters. The number of carbonyl (C=O) groups excluding carboxylic acids is 2. The highest BCUT2D eigenvalue weighted by atomic mass is 32.2. The smallest absolute Gasteiger partial charge is 0.326 e. The van der Waals surface area contributed by atoms with Crippen LogP contribution in [0.4, 0.5) is 0 Å². The molecule has 1 fully saturated rings. The molecule has 0 unspecified atom stereocenters. The van der Waals surface area contributed by atoms with Gasteiger partial charge in [0.1, 0.15) is 10.4 Å². The Balaban J connectivity index is 1.61. The van der Waals surface area contributed by atoms with Gasteiger partial charge in [0.25, 0.3) is 5.91 Å². The normalized spacial score (nSPS) is 15.4. The number of nitrogens with zero attached hydrogens (tertiary/aromatic N) is 1. The summed E-state index contributed by atoms with van der Waals surface area (Å²) in [6, 6.07) is 13.3. The molecule has 0 spiro atoms. The number of amides is 2. The van der Waals surface area contributed by atoms with E-state index in [0.717, 1.165) is 22.9 Å². The molecule has 1 saturated heterocycles.